The van der Waals surface area contributed by atoms with Crippen LogP contribution in [0, 0.1) is 16.0 Å². The van der Waals surface area contributed by atoms with Crippen LogP contribution < -0.4 is 0 Å². The molecule has 0 bridgehead atoms. The summed E-state index contributed by atoms with van der Waals surface area (Å²) in [6, 6.07) is 6.24. The van der Waals surface area contributed by atoms with E-state index in [0.29, 0.717) is 31.5 Å². The summed E-state index contributed by atoms with van der Waals surface area (Å²) < 4.78 is 4.71. The van der Waals surface area contributed by atoms with E-state index in [9.17, 15) is 19.7 Å². The van der Waals surface area contributed by atoms with Gasteiger partial charge in [-0.3, -0.25) is 19.7 Å². The third-order valence-corrected chi connectivity index (χ3v) is 3.88. The average molecular weight is 318 g/mol. The number of esters is 1. The summed E-state index contributed by atoms with van der Waals surface area (Å²) in [5, 5.41) is 10.9. The molecule has 0 spiro atoms. The van der Waals surface area contributed by atoms with Crippen LogP contribution in [-0.2, 0) is 14.3 Å². The van der Waals surface area contributed by atoms with Crippen molar-refractivity contribution in [1.82, 2.24) is 4.90 Å². The number of hydrogen-bond donors (Lipinski definition) is 0. The highest BCUT2D eigenvalue weighted by molar-refractivity contribution is 5.92. The molecule has 1 saturated heterocycles. The van der Waals surface area contributed by atoms with Crippen LogP contribution in [0.4, 0.5) is 5.69 Å². The Labute approximate surface area is 133 Å². The number of amides is 1. The number of ether oxygens (including phenoxy) is 1. The van der Waals surface area contributed by atoms with Crippen molar-refractivity contribution in [1.29, 1.82) is 0 Å². The van der Waals surface area contributed by atoms with Crippen molar-refractivity contribution in [2.24, 2.45) is 5.92 Å². The number of nitrogens with zero attached hydrogens (tertiary/aromatic N) is 2. The van der Waals surface area contributed by atoms with Crippen molar-refractivity contribution in [3.05, 3.63) is 46.0 Å². The quantitative estimate of drug-likeness (QED) is 0.367. The average Bonchev–Trinajstić information content (AvgIpc) is 2.59. The normalized spacial score (nSPS) is 15.6. The van der Waals surface area contributed by atoms with E-state index >= 15 is 0 Å². The number of benzene rings is 1. The number of rotatable bonds is 4. The topological polar surface area (TPSA) is 89.8 Å². The van der Waals surface area contributed by atoms with Gasteiger partial charge >= 0.3 is 5.97 Å². The molecule has 7 heteroatoms. The van der Waals surface area contributed by atoms with Gasteiger partial charge in [0.25, 0.3) is 5.69 Å². The molecule has 1 heterocycles. The Kier molecular flexibility index (Phi) is 5.46. The van der Waals surface area contributed by atoms with Gasteiger partial charge in [0.2, 0.25) is 5.91 Å². The minimum absolute atomic E-state index is 0.0408. The van der Waals surface area contributed by atoms with Gasteiger partial charge in [-0.05, 0) is 25.0 Å². The van der Waals surface area contributed by atoms with Gasteiger partial charge in [-0.1, -0.05) is 12.1 Å². The minimum atomic E-state index is -0.480. The highest BCUT2D eigenvalue weighted by Crippen LogP contribution is 2.21. The lowest BCUT2D eigenvalue weighted by Gasteiger charge is -2.29. The summed E-state index contributed by atoms with van der Waals surface area (Å²) in [6.45, 7) is 0.944. The van der Waals surface area contributed by atoms with Gasteiger partial charge in [0.15, 0.2) is 0 Å². The molecule has 0 aromatic heterocycles. The van der Waals surface area contributed by atoms with Crippen molar-refractivity contribution >= 4 is 23.6 Å². The number of para-hydroxylation sites is 1. The van der Waals surface area contributed by atoms with Gasteiger partial charge in [0, 0.05) is 25.2 Å². The highest BCUT2D eigenvalue weighted by atomic mass is 16.6. The van der Waals surface area contributed by atoms with E-state index in [1.165, 1.54) is 25.3 Å². The number of nitro benzene ring substituents is 1. The predicted octanol–water partition coefficient (Wildman–Crippen LogP) is 2.02. The fourth-order valence-corrected chi connectivity index (χ4v) is 2.56. The Morgan fingerprint density at radius 1 is 1.30 bits per heavy atom. The van der Waals surface area contributed by atoms with E-state index in [1.807, 2.05) is 0 Å². The van der Waals surface area contributed by atoms with Crippen LogP contribution in [0.2, 0.25) is 0 Å². The Morgan fingerprint density at radius 3 is 2.57 bits per heavy atom. The summed E-state index contributed by atoms with van der Waals surface area (Å²) in [4.78, 5) is 35.7. The lowest BCUT2D eigenvalue weighted by molar-refractivity contribution is -0.385. The first-order valence-corrected chi connectivity index (χ1v) is 7.31. The molecule has 1 fully saturated rings. The van der Waals surface area contributed by atoms with Gasteiger partial charge in [-0.25, -0.2) is 0 Å². The largest absolute Gasteiger partial charge is 0.469 e. The molecular formula is C16H18N2O5. The number of carbonyl (C=O) groups excluding carboxylic acids is 2. The molecule has 23 heavy (non-hydrogen) atoms. The zero-order valence-electron chi connectivity index (χ0n) is 12.8. The zero-order chi connectivity index (χ0) is 16.8. The molecular weight excluding hydrogens is 300 g/mol. The van der Waals surface area contributed by atoms with Crippen LogP contribution in [0.25, 0.3) is 6.08 Å². The molecule has 122 valence electrons. The van der Waals surface area contributed by atoms with E-state index in [0.717, 1.165) is 0 Å². The molecule has 2 rings (SSSR count). The van der Waals surface area contributed by atoms with Crippen molar-refractivity contribution in [2.75, 3.05) is 20.2 Å². The Morgan fingerprint density at radius 2 is 1.96 bits per heavy atom. The van der Waals surface area contributed by atoms with E-state index in [4.69, 9.17) is 4.74 Å². The van der Waals surface area contributed by atoms with E-state index in [1.54, 1.807) is 23.1 Å². The second-order valence-corrected chi connectivity index (χ2v) is 5.27. The van der Waals surface area contributed by atoms with Crippen LogP contribution in [0.5, 0.6) is 0 Å². The molecule has 0 saturated carbocycles. The van der Waals surface area contributed by atoms with Gasteiger partial charge in [-0.2, -0.15) is 0 Å². The fraction of sp³-hybridized carbons (Fsp3) is 0.375. The van der Waals surface area contributed by atoms with Crippen LogP contribution in [0.1, 0.15) is 18.4 Å². The fourth-order valence-electron chi connectivity index (χ4n) is 2.56. The molecule has 0 N–H and O–H groups in total. The maximum atomic E-state index is 12.2. The van der Waals surface area contributed by atoms with Crippen LogP contribution >= 0.6 is 0 Å². The summed E-state index contributed by atoms with van der Waals surface area (Å²) in [7, 11) is 1.36. The third-order valence-electron chi connectivity index (χ3n) is 3.88. The number of piperidine rings is 1. The Hall–Kier alpha value is -2.70. The van der Waals surface area contributed by atoms with Crippen LogP contribution in [0.15, 0.2) is 30.3 Å². The number of methoxy groups -OCH3 is 1. The zero-order valence-corrected chi connectivity index (χ0v) is 12.8. The third kappa shape index (κ3) is 4.15. The molecule has 1 aromatic rings. The van der Waals surface area contributed by atoms with Gasteiger partial charge in [0.1, 0.15) is 0 Å². The molecule has 0 unspecified atom stereocenters. The smallest absolute Gasteiger partial charge is 0.308 e. The van der Waals surface area contributed by atoms with Gasteiger partial charge < -0.3 is 9.64 Å². The number of nitro groups is 1. The first-order valence-electron chi connectivity index (χ1n) is 7.31. The number of hydrogen-bond acceptors (Lipinski definition) is 5. The maximum Gasteiger partial charge on any atom is 0.308 e. The number of carbonyl (C=O) groups is 2. The van der Waals surface area contributed by atoms with Crippen LogP contribution in [-0.4, -0.2) is 41.9 Å². The lowest BCUT2D eigenvalue weighted by Crippen LogP contribution is -2.39. The summed E-state index contributed by atoms with van der Waals surface area (Å²) in [5.74, 6) is -0.623. The van der Waals surface area contributed by atoms with Crippen molar-refractivity contribution in [3.63, 3.8) is 0 Å². The SMILES string of the molecule is COC(=O)C1CCN(C(=O)/C=C/c2ccccc2[N+](=O)[O-])CC1. The van der Waals surface area contributed by atoms with E-state index in [2.05, 4.69) is 0 Å². The molecule has 0 atom stereocenters. The number of likely N-dealkylation sites (tertiary alicyclic amines) is 1. The first kappa shape index (κ1) is 16.7. The van der Waals surface area contributed by atoms with E-state index in [-0.39, 0.29) is 23.5 Å². The minimum Gasteiger partial charge on any atom is -0.469 e. The van der Waals surface area contributed by atoms with Crippen molar-refractivity contribution < 1.29 is 19.2 Å². The molecule has 1 aliphatic heterocycles. The molecule has 0 aliphatic carbocycles. The maximum absolute atomic E-state index is 12.2. The Bertz CT molecular complexity index is 633. The molecule has 1 aromatic carbocycles. The summed E-state index contributed by atoms with van der Waals surface area (Å²) >= 11 is 0. The monoisotopic (exact) mass is 318 g/mol. The second kappa shape index (κ2) is 7.53. The second-order valence-electron chi connectivity index (χ2n) is 5.27. The highest BCUT2D eigenvalue weighted by Gasteiger charge is 2.27. The van der Waals surface area contributed by atoms with Gasteiger partial charge in [-0.15, -0.1) is 0 Å². The van der Waals surface area contributed by atoms with Gasteiger partial charge in [0.05, 0.1) is 23.5 Å². The molecule has 1 aliphatic rings. The van der Waals surface area contributed by atoms with Crippen molar-refractivity contribution in [3.8, 4) is 0 Å². The predicted molar refractivity (Wildman–Crippen MR) is 83.5 cm³/mol. The van der Waals surface area contributed by atoms with Crippen molar-refractivity contribution in [2.45, 2.75) is 12.8 Å². The Balaban J connectivity index is 1.98. The lowest BCUT2D eigenvalue weighted by atomic mass is 9.97. The summed E-state index contributed by atoms with van der Waals surface area (Å²) in [6.07, 6.45) is 3.92. The summed E-state index contributed by atoms with van der Waals surface area (Å²) in [5.41, 5.74) is 0.344. The first-order chi connectivity index (χ1) is 11.0. The van der Waals surface area contributed by atoms with E-state index < -0.39 is 4.92 Å². The molecule has 7 nitrogen and oxygen atoms in total. The van der Waals surface area contributed by atoms with Crippen LogP contribution in [0.3, 0.4) is 0 Å². The molecule has 0 radical (unpaired) electrons. The standard InChI is InChI=1S/C16H18N2O5/c1-23-16(20)13-8-10-17(11-9-13)15(19)7-6-12-4-2-3-5-14(12)18(21)22/h2-7,13H,8-11H2,1H3/b7-6+. The molecule has 1 amide bonds.